The summed E-state index contributed by atoms with van der Waals surface area (Å²) in [5.41, 5.74) is 7.03. The lowest BCUT2D eigenvalue weighted by Gasteiger charge is -2.11. The van der Waals surface area contributed by atoms with Crippen molar-refractivity contribution in [1.82, 2.24) is 9.29 Å². The molecule has 0 aliphatic carbocycles. The molecule has 17 heavy (non-hydrogen) atoms. The Balaban J connectivity index is 2.19. The van der Waals surface area contributed by atoms with Gasteiger partial charge in [-0.1, -0.05) is 12.8 Å². The normalized spacial score (nSPS) is 10.6. The lowest BCUT2D eigenvalue weighted by atomic mass is 10.1. The van der Waals surface area contributed by atoms with Crippen LogP contribution in [0, 0.1) is 0 Å². The molecule has 0 saturated heterocycles. The third-order valence-corrected chi connectivity index (χ3v) is 3.00. The number of phenols is 1. The van der Waals surface area contributed by atoms with Crippen LogP contribution in [0.5, 0.6) is 5.75 Å². The Morgan fingerprint density at radius 2 is 2.29 bits per heavy atom. The number of hydrogen-bond acceptors (Lipinski definition) is 3. The van der Waals surface area contributed by atoms with Gasteiger partial charge in [-0.3, -0.25) is 4.31 Å². The predicted octanol–water partition coefficient (Wildman–Crippen LogP) is 1.64. The van der Waals surface area contributed by atoms with Crippen LogP contribution in [0.4, 0.5) is 4.79 Å². The van der Waals surface area contributed by atoms with E-state index >= 15 is 0 Å². The Labute approximate surface area is 104 Å². The summed E-state index contributed by atoms with van der Waals surface area (Å²) in [5.74, 6) is 0.219. The van der Waals surface area contributed by atoms with Gasteiger partial charge in [-0.25, -0.2) is 4.79 Å². The second-order valence-electron chi connectivity index (χ2n) is 3.76. The third-order valence-electron chi connectivity index (χ3n) is 2.60. The minimum atomic E-state index is -0.573. The standard InChI is InChI=1S/C11H13N3O2S/c12-11(16)14(17)4-3-7-6-13-10-2-1-8(15)5-9(7)10/h1-2,5-6,13,15,17H,3-4H2,(H2,12,16). The van der Waals surface area contributed by atoms with Gasteiger partial charge in [0.1, 0.15) is 5.75 Å². The van der Waals surface area contributed by atoms with E-state index in [1.165, 1.54) is 0 Å². The second-order valence-corrected chi connectivity index (χ2v) is 4.24. The topological polar surface area (TPSA) is 82.4 Å². The molecule has 1 aromatic heterocycles. The van der Waals surface area contributed by atoms with Crippen LogP contribution in [-0.2, 0) is 6.42 Å². The molecule has 6 heteroatoms. The summed E-state index contributed by atoms with van der Waals surface area (Å²) >= 11 is 3.95. The van der Waals surface area contributed by atoms with Gasteiger partial charge in [0.25, 0.3) is 0 Å². The summed E-state index contributed by atoms with van der Waals surface area (Å²) < 4.78 is 1.15. The van der Waals surface area contributed by atoms with Gasteiger partial charge in [-0.15, -0.1) is 0 Å². The fourth-order valence-electron chi connectivity index (χ4n) is 1.71. The zero-order valence-electron chi connectivity index (χ0n) is 9.05. The number of nitrogens with one attached hydrogen (secondary N) is 1. The summed E-state index contributed by atoms with van der Waals surface area (Å²) in [7, 11) is 0. The van der Waals surface area contributed by atoms with Gasteiger partial charge in [-0.2, -0.15) is 0 Å². The highest BCUT2D eigenvalue weighted by Crippen LogP contribution is 2.23. The Morgan fingerprint density at radius 3 is 3.00 bits per heavy atom. The molecule has 0 saturated carbocycles. The molecular weight excluding hydrogens is 238 g/mol. The van der Waals surface area contributed by atoms with E-state index < -0.39 is 6.03 Å². The van der Waals surface area contributed by atoms with E-state index in [2.05, 4.69) is 17.8 Å². The van der Waals surface area contributed by atoms with Crippen molar-refractivity contribution in [3.8, 4) is 5.75 Å². The number of primary amides is 1. The molecule has 5 nitrogen and oxygen atoms in total. The van der Waals surface area contributed by atoms with Gasteiger partial charge in [0, 0.05) is 23.6 Å². The molecule has 4 N–H and O–H groups in total. The largest absolute Gasteiger partial charge is 0.508 e. The molecule has 1 heterocycles. The summed E-state index contributed by atoms with van der Waals surface area (Å²) in [6.07, 6.45) is 2.47. The number of carbonyl (C=O) groups is 1. The Kier molecular flexibility index (Phi) is 3.14. The molecule has 2 aromatic rings. The van der Waals surface area contributed by atoms with E-state index in [0.717, 1.165) is 20.8 Å². The fourth-order valence-corrected chi connectivity index (χ4v) is 1.81. The second kappa shape index (κ2) is 4.58. The van der Waals surface area contributed by atoms with Gasteiger partial charge >= 0.3 is 6.03 Å². The molecule has 0 aliphatic rings. The summed E-state index contributed by atoms with van der Waals surface area (Å²) in [5, 5.41) is 10.4. The molecule has 0 bridgehead atoms. The van der Waals surface area contributed by atoms with Crippen molar-refractivity contribution in [2.24, 2.45) is 5.73 Å². The lowest BCUT2D eigenvalue weighted by Crippen LogP contribution is -2.29. The van der Waals surface area contributed by atoms with Gasteiger partial charge in [0.15, 0.2) is 0 Å². The maximum atomic E-state index is 10.8. The first-order valence-electron chi connectivity index (χ1n) is 5.13. The van der Waals surface area contributed by atoms with Crippen LogP contribution in [0.1, 0.15) is 5.56 Å². The van der Waals surface area contributed by atoms with Crippen molar-refractivity contribution in [3.05, 3.63) is 30.0 Å². The van der Waals surface area contributed by atoms with Crippen molar-refractivity contribution in [1.29, 1.82) is 0 Å². The monoisotopic (exact) mass is 251 g/mol. The molecule has 90 valence electrons. The highest BCUT2D eigenvalue weighted by molar-refractivity contribution is 7.78. The quantitative estimate of drug-likeness (QED) is 0.625. The smallest absolute Gasteiger partial charge is 0.324 e. The zero-order chi connectivity index (χ0) is 12.4. The number of rotatable bonds is 3. The van der Waals surface area contributed by atoms with Crippen molar-refractivity contribution >= 4 is 29.7 Å². The Morgan fingerprint density at radius 1 is 1.53 bits per heavy atom. The highest BCUT2D eigenvalue weighted by atomic mass is 32.1. The number of aromatic amines is 1. The number of nitrogens with two attached hydrogens (primary N) is 1. The minimum absolute atomic E-state index is 0.219. The van der Waals surface area contributed by atoms with Crippen LogP contribution in [0.3, 0.4) is 0 Å². The van der Waals surface area contributed by atoms with Crippen molar-refractivity contribution in [2.75, 3.05) is 6.54 Å². The van der Waals surface area contributed by atoms with Gasteiger partial charge in [-0.05, 0) is 30.2 Å². The number of hydrogen-bond donors (Lipinski definition) is 4. The third kappa shape index (κ3) is 2.47. The predicted molar refractivity (Wildman–Crippen MR) is 68.9 cm³/mol. The molecule has 1 aromatic carbocycles. The first-order valence-corrected chi connectivity index (χ1v) is 5.53. The number of H-pyrrole nitrogens is 1. The van der Waals surface area contributed by atoms with E-state index in [9.17, 15) is 9.90 Å². The van der Waals surface area contributed by atoms with Crippen LogP contribution in [0.15, 0.2) is 24.4 Å². The number of thiol groups is 1. The van der Waals surface area contributed by atoms with Crippen molar-refractivity contribution < 1.29 is 9.90 Å². The molecule has 0 atom stereocenters. The zero-order valence-corrected chi connectivity index (χ0v) is 9.95. The van der Waals surface area contributed by atoms with Crippen LogP contribution in [-0.4, -0.2) is 27.0 Å². The molecule has 2 rings (SSSR count). The van der Waals surface area contributed by atoms with Gasteiger partial charge in [0.2, 0.25) is 0 Å². The molecular formula is C11H13N3O2S. The van der Waals surface area contributed by atoms with E-state index in [1.807, 2.05) is 6.20 Å². The maximum Gasteiger partial charge on any atom is 0.324 e. The van der Waals surface area contributed by atoms with E-state index in [1.54, 1.807) is 18.2 Å². The van der Waals surface area contributed by atoms with E-state index in [0.29, 0.717) is 13.0 Å². The molecule has 0 aliphatic heterocycles. The first-order chi connectivity index (χ1) is 8.08. The minimum Gasteiger partial charge on any atom is -0.508 e. The van der Waals surface area contributed by atoms with Crippen LogP contribution < -0.4 is 5.73 Å². The fraction of sp³-hybridized carbons (Fsp3) is 0.182. The average Bonchev–Trinajstić information content (AvgIpc) is 2.68. The van der Waals surface area contributed by atoms with Crippen LogP contribution in [0.2, 0.25) is 0 Å². The van der Waals surface area contributed by atoms with Crippen molar-refractivity contribution in [3.63, 3.8) is 0 Å². The lowest BCUT2D eigenvalue weighted by molar-refractivity contribution is 0.235. The van der Waals surface area contributed by atoms with Gasteiger partial charge in [0.05, 0.1) is 0 Å². The Bertz CT molecular complexity index is 553. The first kappa shape index (κ1) is 11.7. The van der Waals surface area contributed by atoms with Crippen molar-refractivity contribution in [2.45, 2.75) is 6.42 Å². The average molecular weight is 251 g/mol. The molecule has 0 unspecified atom stereocenters. The number of phenolic OH excluding ortho intramolecular Hbond substituents is 1. The number of nitrogens with zero attached hydrogens (tertiary/aromatic N) is 1. The number of benzene rings is 1. The SMILES string of the molecule is NC(=O)N(S)CCc1c[nH]c2ccc(O)cc12. The number of urea groups is 1. The summed E-state index contributed by atoms with van der Waals surface area (Å²) in [6.45, 7) is 0.418. The van der Waals surface area contributed by atoms with E-state index in [-0.39, 0.29) is 5.75 Å². The number of fused-ring (bicyclic) bond motifs is 1. The van der Waals surface area contributed by atoms with Gasteiger partial charge < -0.3 is 15.8 Å². The maximum absolute atomic E-state index is 10.8. The van der Waals surface area contributed by atoms with Crippen LogP contribution >= 0.6 is 12.8 Å². The molecule has 2 amide bonds. The highest BCUT2D eigenvalue weighted by Gasteiger charge is 2.08. The van der Waals surface area contributed by atoms with E-state index in [4.69, 9.17) is 5.73 Å². The number of amides is 2. The number of aromatic hydroxyl groups is 1. The Hall–Kier alpha value is -1.82. The summed E-state index contributed by atoms with van der Waals surface area (Å²) in [4.78, 5) is 13.9. The van der Waals surface area contributed by atoms with Crippen LogP contribution in [0.25, 0.3) is 10.9 Å². The molecule has 0 radical (unpaired) electrons. The molecule has 0 fully saturated rings. The summed E-state index contributed by atoms with van der Waals surface area (Å²) in [6, 6.07) is 4.54. The molecule has 0 spiro atoms. The number of aromatic nitrogens is 1. The number of carbonyl (C=O) groups excluding carboxylic acids is 1.